The van der Waals surface area contributed by atoms with E-state index >= 15 is 0 Å². The Kier molecular flexibility index (Phi) is 12.2. The van der Waals surface area contributed by atoms with Gasteiger partial charge in [-0.1, -0.05) is 12.8 Å². The van der Waals surface area contributed by atoms with Gasteiger partial charge in [-0.05, 0) is 32.6 Å². The molecule has 1 aliphatic carbocycles. The summed E-state index contributed by atoms with van der Waals surface area (Å²) in [5, 5.41) is 9.53. The third-order valence-corrected chi connectivity index (χ3v) is 5.06. The average molecular weight is 481 g/mol. The molecule has 0 radical (unpaired) electrons. The number of piperidine rings is 1. The summed E-state index contributed by atoms with van der Waals surface area (Å²) in [6.07, 6.45) is 7.82. The monoisotopic (exact) mass is 481 g/mol. The van der Waals surface area contributed by atoms with E-state index in [1.807, 2.05) is 6.92 Å². The molecule has 0 atom stereocenters. The van der Waals surface area contributed by atoms with Crippen molar-refractivity contribution in [2.24, 2.45) is 4.99 Å². The average Bonchev–Trinajstić information content (AvgIpc) is 3.15. The zero-order valence-corrected chi connectivity index (χ0v) is 18.6. The number of amides is 1. The number of methoxy groups -OCH3 is 1. The number of rotatable bonds is 8. The van der Waals surface area contributed by atoms with Crippen LogP contribution in [-0.4, -0.2) is 75.3 Å². The lowest BCUT2D eigenvalue weighted by molar-refractivity contribution is -0.119. The number of ether oxygens (including phenoxy) is 1. The van der Waals surface area contributed by atoms with Crippen LogP contribution in [0.2, 0.25) is 0 Å². The van der Waals surface area contributed by atoms with Crippen LogP contribution in [0.1, 0.15) is 45.4 Å². The number of hydrogen-bond acceptors (Lipinski definition) is 4. The highest BCUT2D eigenvalue weighted by molar-refractivity contribution is 14.0. The van der Waals surface area contributed by atoms with Crippen molar-refractivity contribution in [3.63, 3.8) is 0 Å². The quantitative estimate of drug-likeness (QED) is 0.211. The minimum absolute atomic E-state index is 0. The number of aliphatic imine (C=N–C) groups is 1. The Labute approximate surface area is 175 Å². The van der Waals surface area contributed by atoms with Crippen molar-refractivity contribution < 1.29 is 9.53 Å². The second-order valence-electron chi connectivity index (χ2n) is 6.93. The van der Waals surface area contributed by atoms with Crippen molar-refractivity contribution in [2.75, 3.05) is 46.4 Å². The van der Waals surface area contributed by atoms with Crippen LogP contribution < -0.4 is 16.0 Å². The Morgan fingerprint density at radius 2 is 1.85 bits per heavy atom. The first-order valence-corrected chi connectivity index (χ1v) is 9.77. The van der Waals surface area contributed by atoms with Gasteiger partial charge in [0, 0.05) is 45.4 Å². The first-order chi connectivity index (χ1) is 12.2. The van der Waals surface area contributed by atoms with Gasteiger partial charge >= 0.3 is 0 Å². The minimum Gasteiger partial charge on any atom is -0.383 e. The summed E-state index contributed by atoms with van der Waals surface area (Å²) in [6.45, 7) is 6.34. The van der Waals surface area contributed by atoms with Crippen LogP contribution in [0.3, 0.4) is 0 Å². The van der Waals surface area contributed by atoms with Crippen molar-refractivity contribution in [3.8, 4) is 0 Å². The first kappa shape index (κ1) is 23.4. The molecule has 7 nitrogen and oxygen atoms in total. The standard InChI is InChI=1S/C18H35N5O2.HI/c1-3-19-18(21-14-17(24)20-10-13-25-2)22-15-8-11-23(12-9-15)16-6-4-5-7-16;/h15-16H,3-14H2,1-2H3,(H,20,24)(H2,19,21,22);1H. The van der Waals surface area contributed by atoms with E-state index in [0.717, 1.165) is 31.4 Å². The number of nitrogens with one attached hydrogen (secondary N) is 3. The maximum absolute atomic E-state index is 11.8. The molecule has 8 heteroatoms. The summed E-state index contributed by atoms with van der Waals surface area (Å²) in [5.41, 5.74) is 0. The predicted octanol–water partition coefficient (Wildman–Crippen LogP) is 1.33. The molecule has 26 heavy (non-hydrogen) atoms. The lowest BCUT2D eigenvalue weighted by Gasteiger charge is -2.36. The number of hydrogen-bond donors (Lipinski definition) is 3. The molecule has 0 aromatic carbocycles. The molecule has 152 valence electrons. The van der Waals surface area contributed by atoms with E-state index in [2.05, 4.69) is 25.8 Å². The third-order valence-electron chi connectivity index (χ3n) is 5.06. The van der Waals surface area contributed by atoms with Gasteiger partial charge in [0.15, 0.2) is 5.96 Å². The van der Waals surface area contributed by atoms with Crippen molar-refractivity contribution in [1.82, 2.24) is 20.9 Å². The second-order valence-corrected chi connectivity index (χ2v) is 6.93. The summed E-state index contributed by atoms with van der Waals surface area (Å²) in [6, 6.07) is 1.26. The summed E-state index contributed by atoms with van der Waals surface area (Å²) in [5.74, 6) is 0.661. The van der Waals surface area contributed by atoms with Crippen LogP contribution in [0, 0.1) is 0 Å². The van der Waals surface area contributed by atoms with E-state index in [1.165, 1.54) is 38.8 Å². The zero-order chi connectivity index (χ0) is 17.9. The van der Waals surface area contributed by atoms with Crippen LogP contribution in [0.4, 0.5) is 0 Å². The second kappa shape index (κ2) is 13.5. The summed E-state index contributed by atoms with van der Waals surface area (Å²) >= 11 is 0. The molecule has 1 saturated carbocycles. The van der Waals surface area contributed by atoms with Crippen LogP contribution in [0.25, 0.3) is 0 Å². The van der Waals surface area contributed by atoms with Gasteiger partial charge in [-0.15, -0.1) is 24.0 Å². The van der Waals surface area contributed by atoms with E-state index < -0.39 is 0 Å². The molecule has 0 aromatic heterocycles. The number of carbonyl (C=O) groups excluding carboxylic acids is 1. The maximum Gasteiger partial charge on any atom is 0.241 e. The van der Waals surface area contributed by atoms with Gasteiger partial charge in [0.1, 0.15) is 6.54 Å². The van der Waals surface area contributed by atoms with Gasteiger partial charge in [-0.2, -0.15) is 0 Å². The minimum atomic E-state index is -0.0784. The van der Waals surface area contributed by atoms with Crippen molar-refractivity contribution in [1.29, 1.82) is 0 Å². The van der Waals surface area contributed by atoms with E-state index in [0.29, 0.717) is 19.2 Å². The molecular weight excluding hydrogens is 445 g/mol. The SMILES string of the molecule is CCNC(=NCC(=O)NCCOC)NC1CCN(C2CCCC2)CC1.I. The highest BCUT2D eigenvalue weighted by Crippen LogP contribution is 2.26. The Balaban J connectivity index is 0.00000338. The van der Waals surface area contributed by atoms with Crippen LogP contribution in [0.15, 0.2) is 4.99 Å². The molecule has 1 amide bonds. The molecule has 0 aromatic rings. The lowest BCUT2D eigenvalue weighted by Crippen LogP contribution is -2.50. The fourth-order valence-corrected chi connectivity index (χ4v) is 3.69. The van der Waals surface area contributed by atoms with Crippen molar-refractivity contribution in [3.05, 3.63) is 0 Å². The van der Waals surface area contributed by atoms with Gasteiger partial charge in [0.2, 0.25) is 5.91 Å². The summed E-state index contributed by atoms with van der Waals surface area (Å²) in [7, 11) is 1.62. The highest BCUT2D eigenvalue weighted by atomic mass is 127. The number of nitrogens with zero attached hydrogens (tertiary/aromatic N) is 2. The van der Waals surface area contributed by atoms with Crippen molar-refractivity contribution >= 4 is 35.8 Å². The Morgan fingerprint density at radius 1 is 1.15 bits per heavy atom. The third kappa shape index (κ3) is 8.39. The molecule has 1 heterocycles. The summed E-state index contributed by atoms with van der Waals surface area (Å²) < 4.78 is 4.92. The molecule has 0 bridgehead atoms. The molecule has 0 unspecified atom stereocenters. The van der Waals surface area contributed by atoms with Crippen molar-refractivity contribution in [2.45, 2.75) is 57.5 Å². The summed E-state index contributed by atoms with van der Waals surface area (Å²) in [4.78, 5) is 18.8. The first-order valence-electron chi connectivity index (χ1n) is 9.77. The molecular formula is C18H36IN5O2. The van der Waals surface area contributed by atoms with E-state index in [1.54, 1.807) is 7.11 Å². The van der Waals surface area contributed by atoms with Gasteiger partial charge in [0.05, 0.1) is 6.61 Å². The molecule has 1 saturated heterocycles. The van der Waals surface area contributed by atoms with Gasteiger partial charge in [0.25, 0.3) is 0 Å². The number of guanidine groups is 1. The zero-order valence-electron chi connectivity index (χ0n) is 16.3. The molecule has 2 fully saturated rings. The molecule has 0 spiro atoms. The highest BCUT2D eigenvalue weighted by Gasteiger charge is 2.27. The Hall–Kier alpha value is -0.610. The molecule has 2 aliphatic rings. The maximum atomic E-state index is 11.8. The van der Waals surface area contributed by atoms with E-state index in [-0.39, 0.29) is 36.4 Å². The number of carbonyl (C=O) groups is 1. The largest absolute Gasteiger partial charge is 0.383 e. The Morgan fingerprint density at radius 3 is 2.46 bits per heavy atom. The lowest BCUT2D eigenvalue weighted by atomic mass is 10.0. The Bertz CT molecular complexity index is 422. The normalized spacial score (nSPS) is 19.8. The van der Waals surface area contributed by atoms with E-state index in [9.17, 15) is 4.79 Å². The van der Waals surface area contributed by atoms with Gasteiger partial charge in [-0.25, -0.2) is 4.99 Å². The number of likely N-dealkylation sites (tertiary alicyclic amines) is 1. The molecule has 3 N–H and O–H groups in total. The fourth-order valence-electron chi connectivity index (χ4n) is 3.69. The van der Waals surface area contributed by atoms with E-state index in [4.69, 9.17) is 4.74 Å². The topological polar surface area (TPSA) is 78.0 Å². The predicted molar refractivity (Wildman–Crippen MR) is 116 cm³/mol. The smallest absolute Gasteiger partial charge is 0.241 e. The van der Waals surface area contributed by atoms with Gasteiger partial charge < -0.3 is 25.6 Å². The number of halogens is 1. The van der Waals surface area contributed by atoms with Crippen LogP contribution >= 0.6 is 24.0 Å². The van der Waals surface area contributed by atoms with Crippen LogP contribution in [-0.2, 0) is 9.53 Å². The molecule has 1 aliphatic heterocycles. The van der Waals surface area contributed by atoms with Gasteiger partial charge in [-0.3, -0.25) is 4.79 Å². The molecule has 2 rings (SSSR count). The van der Waals surface area contributed by atoms with Crippen LogP contribution in [0.5, 0.6) is 0 Å². The fraction of sp³-hybridized carbons (Fsp3) is 0.889.